The third kappa shape index (κ3) is 4.38. The number of nitrogens with zero attached hydrogens (tertiary/aromatic N) is 1. The molecule has 0 radical (unpaired) electrons. The van der Waals surface area contributed by atoms with E-state index in [1.54, 1.807) is 6.07 Å². The standard InChI is InChI=1S/C16H21N3O2/c1-2-18-16(20)19-13-7-9-14(10-8-13)21-15-6-4-3-5-12(15)11-17/h3-6,13-14H,2,7-10H2,1H3,(H2,18,19,20). The normalized spacial score (nSPS) is 21.1. The summed E-state index contributed by atoms with van der Waals surface area (Å²) >= 11 is 0. The second-order valence-corrected chi connectivity index (χ2v) is 5.20. The van der Waals surface area contributed by atoms with Gasteiger partial charge in [-0.25, -0.2) is 4.79 Å². The number of urea groups is 1. The molecule has 0 unspecified atom stereocenters. The molecule has 1 aromatic carbocycles. The largest absolute Gasteiger partial charge is 0.489 e. The van der Waals surface area contributed by atoms with Crippen LogP contribution in [0.1, 0.15) is 38.2 Å². The lowest BCUT2D eigenvalue weighted by Gasteiger charge is -2.29. The molecule has 1 fully saturated rings. The van der Waals surface area contributed by atoms with Crippen molar-refractivity contribution in [1.29, 1.82) is 5.26 Å². The SMILES string of the molecule is CCNC(=O)NC1CCC(Oc2ccccc2C#N)CC1. The zero-order valence-corrected chi connectivity index (χ0v) is 12.3. The fourth-order valence-electron chi connectivity index (χ4n) is 2.56. The van der Waals surface area contributed by atoms with E-state index < -0.39 is 0 Å². The topological polar surface area (TPSA) is 74.2 Å². The van der Waals surface area contributed by atoms with Crippen molar-refractivity contribution in [3.05, 3.63) is 29.8 Å². The van der Waals surface area contributed by atoms with E-state index in [0.29, 0.717) is 17.9 Å². The van der Waals surface area contributed by atoms with Crippen molar-refractivity contribution in [2.45, 2.75) is 44.8 Å². The molecule has 112 valence electrons. The summed E-state index contributed by atoms with van der Waals surface area (Å²) in [6.45, 7) is 2.53. The fourth-order valence-corrected chi connectivity index (χ4v) is 2.56. The van der Waals surface area contributed by atoms with Gasteiger partial charge in [0.15, 0.2) is 0 Å². The van der Waals surface area contributed by atoms with Crippen molar-refractivity contribution in [3.8, 4) is 11.8 Å². The van der Waals surface area contributed by atoms with Crippen LogP contribution >= 0.6 is 0 Å². The summed E-state index contributed by atoms with van der Waals surface area (Å²) < 4.78 is 5.93. The number of hydrogen-bond acceptors (Lipinski definition) is 3. The molecule has 0 saturated heterocycles. The van der Waals surface area contributed by atoms with Crippen LogP contribution in [-0.4, -0.2) is 24.7 Å². The average Bonchev–Trinajstić information content (AvgIpc) is 2.50. The van der Waals surface area contributed by atoms with Gasteiger partial charge < -0.3 is 15.4 Å². The Morgan fingerprint density at radius 1 is 1.33 bits per heavy atom. The highest BCUT2D eigenvalue weighted by atomic mass is 16.5. The van der Waals surface area contributed by atoms with Gasteiger partial charge in [0, 0.05) is 12.6 Å². The maximum atomic E-state index is 11.5. The molecule has 0 spiro atoms. The second-order valence-electron chi connectivity index (χ2n) is 5.20. The molecular weight excluding hydrogens is 266 g/mol. The minimum atomic E-state index is -0.100. The second kappa shape index (κ2) is 7.53. The summed E-state index contributed by atoms with van der Waals surface area (Å²) in [4.78, 5) is 11.5. The molecule has 2 rings (SSSR count). The van der Waals surface area contributed by atoms with Gasteiger partial charge in [-0.15, -0.1) is 0 Å². The first-order chi connectivity index (χ1) is 10.2. The Bertz CT molecular complexity index is 516. The van der Waals surface area contributed by atoms with Gasteiger partial charge in [0.2, 0.25) is 0 Å². The van der Waals surface area contributed by atoms with Crippen LogP contribution in [0.2, 0.25) is 0 Å². The molecule has 1 saturated carbocycles. The molecule has 1 aliphatic rings. The van der Waals surface area contributed by atoms with Crippen molar-refractivity contribution >= 4 is 6.03 Å². The van der Waals surface area contributed by atoms with Crippen molar-refractivity contribution in [3.63, 3.8) is 0 Å². The van der Waals surface area contributed by atoms with E-state index >= 15 is 0 Å². The smallest absolute Gasteiger partial charge is 0.314 e. The molecule has 0 bridgehead atoms. The molecule has 0 atom stereocenters. The third-order valence-corrected chi connectivity index (χ3v) is 3.65. The Morgan fingerprint density at radius 2 is 2.05 bits per heavy atom. The van der Waals surface area contributed by atoms with Gasteiger partial charge in [-0.3, -0.25) is 0 Å². The lowest BCUT2D eigenvalue weighted by atomic mass is 9.93. The quantitative estimate of drug-likeness (QED) is 0.893. The minimum absolute atomic E-state index is 0.100. The minimum Gasteiger partial charge on any atom is -0.489 e. The van der Waals surface area contributed by atoms with Crippen LogP contribution < -0.4 is 15.4 Å². The zero-order valence-electron chi connectivity index (χ0n) is 12.3. The maximum Gasteiger partial charge on any atom is 0.314 e. The summed E-state index contributed by atoms with van der Waals surface area (Å²) in [5.41, 5.74) is 0.570. The van der Waals surface area contributed by atoms with Gasteiger partial charge in [0.1, 0.15) is 11.8 Å². The average molecular weight is 287 g/mol. The van der Waals surface area contributed by atoms with Crippen LogP contribution in [0.15, 0.2) is 24.3 Å². The number of hydrogen-bond donors (Lipinski definition) is 2. The number of nitriles is 1. The maximum absolute atomic E-state index is 11.5. The third-order valence-electron chi connectivity index (χ3n) is 3.65. The molecule has 0 aromatic heterocycles. The lowest BCUT2D eigenvalue weighted by molar-refractivity contribution is 0.140. The number of nitrogens with one attached hydrogen (secondary N) is 2. The number of rotatable bonds is 4. The number of carbonyl (C=O) groups excluding carboxylic acids is 1. The highest BCUT2D eigenvalue weighted by molar-refractivity contribution is 5.74. The predicted molar refractivity (Wildman–Crippen MR) is 80.0 cm³/mol. The highest BCUT2D eigenvalue weighted by Crippen LogP contribution is 2.25. The summed E-state index contributed by atoms with van der Waals surface area (Å²) in [5, 5.41) is 14.8. The Balaban J connectivity index is 1.82. The molecule has 0 aliphatic heterocycles. The monoisotopic (exact) mass is 287 g/mol. The van der Waals surface area contributed by atoms with Crippen molar-refractivity contribution in [1.82, 2.24) is 10.6 Å². The van der Waals surface area contributed by atoms with E-state index in [2.05, 4.69) is 16.7 Å². The van der Waals surface area contributed by atoms with Crippen LogP contribution in [0.5, 0.6) is 5.75 Å². The predicted octanol–water partition coefficient (Wildman–Crippen LogP) is 2.57. The van der Waals surface area contributed by atoms with Gasteiger partial charge in [-0.2, -0.15) is 5.26 Å². The first-order valence-electron chi connectivity index (χ1n) is 7.43. The van der Waals surface area contributed by atoms with E-state index in [9.17, 15) is 4.79 Å². The molecule has 2 amide bonds. The summed E-state index contributed by atoms with van der Waals surface area (Å²) in [6, 6.07) is 9.55. The zero-order chi connectivity index (χ0) is 15.1. The van der Waals surface area contributed by atoms with Gasteiger partial charge >= 0.3 is 6.03 Å². The Labute approximate surface area is 125 Å². The first-order valence-corrected chi connectivity index (χ1v) is 7.43. The molecule has 1 aliphatic carbocycles. The Kier molecular flexibility index (Phi) is 5.44. The van der Waals surface area contributed by atoms with Crippen LogP contribution in [-0.2, 0) is 0 Å². The van der Waals surface area contributed by atoms with Crippen molar-refractivity contribution in [2.24, 2.45) is 0 Å². The number of benzene rings is 1. The Morgan fingerprint density at radius 3 is 2.71 bits per heavy atom. The van der Waals surface area contributed by atoms with Crippen LogP contribution in [0.4, 0.5) is 4.79 Å². The van der Waals surface area contributed by atoms with Gasteiger partial charge in [-0.05, 0) is 44.7 Å². The van der Waals surface area contributed by atoms with Gasteiger partial charge in [0.05, 0.1) is 11.7 Å². The summed E-state index contributed by atoms with van der Waals surface area (Å²) in [5.74, 6) is 0.653. The van der Waals surface area contributed by atoms with E-state index in [0.717, 1.165) is 25.7 Å². The highest BCUT2D eigenvalue weighted by Gasteiger charge is 2.24. The van der Waals surface area contributed by atoms with Crippen LogP contribution in [0, 0.1) is 11.3 Å². The molecule has 21 heavy (non-hydrogen) atoms. The Hall–Kier alpha value is -2.22. The molecule has 2 N–H and O–H groups in total. The molecular formula is C16H21N3O2. The molecule has 0 heterocycles. The van der Waals surface area contributed by atoms with Gasteiger partial charge in [0.25, 0.3) is 0 Å². The number of amides is 2. The van der Waals surface area contributed by atoms with Crippen molar-refractivity contribution in [2.75, 3.05) is 6.54 Å². The summed E-state index contributed by atoms with van der Waals surface area (Å²) in [6.07, 6.45) is 3.69. The first kappa shape index (κ1) is 15.2. The van der Waals surface area contributed by atoms with Gasteiger partial charge in [-0.1, -0.05) is 12.1 Å². The van der Waals surface area contributed by atoms with E-state index in [4.69, 9.17) is 10.00 Å². The van der Waals surface area contributed by atoms with Crippen molar-refractivity contribution < 1.29 is 9.53 Å². The van der Waals surface area contributed by atoms with E-state index in [-0.39, 0.29) is 18.2 Å². The van der Waals surface area contributed by atoms with Crippen LogP contribution in [0.25, 0.3) is 0 Å². The lowest BCUT2D eigenvalue weighted by Crippen LogP contribution is -2.44. The molecule has 1 aromatic rings. The molecule has 5 nitrogen and oxygen atoms in total. The number of carbonyl (C=O) groups is 1. The number of ether oxygens (including phenoxy) is 1. The number of para-hydroxylation sites is 1. The van der Waals surface area contributed by atoms with E-state index in [1.165, 1.54) is 0 Å². The van der Waals surface area contributed by atoms with Crippen LogP contribution in [0.3, 0.4) is 0 Å². The summed E-state index contributed by atoms with van der Waals surface area (Å²) in [7, 11) is 0. The van der Waals surface area contributed by atoms with E-state index in [1.807, 2.05) is 25.1 Å². The fraction of sp³-hybridized carbons (Fsp3) is 0.500. The molecule has 5 heteroatoms.